The quantitative estimate of drug-likeness (QED) is 0.738. The van der Waals surface area contributed by atoms with Crippen molar-refractivity contribution < 1.29 is 5.11 Å². The lowest BCUT2D eigenvalue weighted by Gasteiger charge is -2.03. The minimum Gasteiger partial charge on any atom is -0.392 e. The van der Waals surface area contributed by atoms with Gasteiger partial charge in [0.15, 0.2) is 0 Å². The van der Waals surface area contributed by atoms with E-state index in [1.807, 2.05) is 6.92 Å². The molecule has 0 aliphatic carbocycles. The predicted octanol–water partition coefficient (Wildman–Crippen LogP) is 0.441. The number of aryl methyl sites for hydroxylation is 1. The molecule has 1 rings (SSSR count). The summed E-state index contributed by atoms with van der Waals surface area (Å²) in [4.78, 5) is 11.5. The average Bonchev–Trinajstić information content (AvgIpc) is 2.36. The standard InChI is InChI=1S/C9H16N2O2/c1-3-4-10-5-6-11(9(10)13)7-8(2)12/h5-6,8,12H,3-4,7H2,1-2H3/t8-/m1/s1. The Balaban J connectivity index is 2.80. The molecule has 74 valence electrons. The number of aromatic nitrogens is 2. The highest BCUT2D eigenvalue weighted by Gasteiger charge is 2.03. The van der Waals surface area contributed by atoms with Crippen LogP contribution in [-0.2, 0) is 13.1 Å². The molecule has 0 aliphatic rings. The van der Waals surface area contributed by atoms with Crippen molar-refractivity contribution >= 4 is 0 Å². The predicted molar refractivity (Wildman–Crippen MR) is 50.7 cm³/mol. The Morgan fingerprint density at radius 1 is 1.46 bits per heavy atom. The van der Waals surface area contributed by atoms with Crippen molar-refractivity contribution in [3.63, 3.8) is 0 Å². The van der Waals surface area contributed by atoms with Crippen LogP contribution in [-0.4, -0.2) is 20.3 Å². The fourth-order valence-electron chi connectivity index (χ4n) is 1.29. The molecule has 0 saturated carbocycles. The largest absolute Gasteiger partial charge is 0.392 e. The van der Waals surface area contributed by atoms with Crippen molar-refractivity contribution in [1.82, 2.24) is 9.13 Å². The van der Waals surface area contributed by atoms with E-state index in [1.165, 1.54) is 4.57 Å². The Morgan fingerprint density at radius 3 is 2.62 bits per heavy atom. The van der Waals surface area contributed by atoms with E-state index in [-0.39, 0.29) is 5.69 Å². The highest BCUT2D eigenvalue weighted by atomic mass is 16.3. The molecule has 0 radical (unpaired) electrons. The highest BCUT2D eigenvalue weighted by Crippen LogP contribution is 1.91. The fraction of sp³-hybridized carbons (Fsp3) is 0.667. The minimum atomic E-state index is -0.477. The first kappa shape index (κ1) is 10.1. The first-order valence-electron chi connectivity index (χ1n) is 4.58. The van der Waals surface area contributed by atoms with Crippen LogP contribution in [0.15, 0.2) is 17.2 Å². The number of rotatable bonds is 4. The lowest BCUT2D eigenvalue weighted by molar-refractivity contribution is 0.172. The van der Waals surface area contributed by atoms with Gasteiger partial charge in [-0.25, -0.2) is 4.79 Å². The van der Waals surface area contributed by atoms with Crippen molar-refractivity contribution in [1.29, 1.82) is 0 Å². The summed E-state index contributed by atoms with van der Waals surface area (Å²) in [6, 6.07) is 0. The average molecular weight is 184 g/mol. The molecule has 0 fully saturated rings. The third-order valence-corrected chi connectivity index (χ3v) is 1.84. The van der Waals surface area contributed by atoms with Crippen molar-refractivity contribution in [3.05, 3.63) is 22.9 Å². The van der Waals surface area contributed by atoms with E-state index in [0.29, 0.717) is 6.54 Å². The Kier molecular flexibility index (Phi) is 3.31. The van der Waals surface area contributed by atoms with E-state index in [9.17, 15) is 4.79 Å². The number of aliphatic hydroxyl groups excluding tert-OH is 1. The molecule has 1 N–H and O–H groups in total. The van der Waals surface area contributed by atoms with Gasteiger partial charge in [0.05, 0.1) is 12.6 Å². The highest BCUT2D eigenvalue weighted by molar-refractivity contribution is 4.81. The van der Waals surface area contributed by atoms with Gasteiger partial charge in [-0.3, -0.25) is 9.13 Å². The summed E-state index contributed by atoms with van der Waals surface area (Å²) in [7, 11) is 0. The number of hydrogen-bond acceptors (Lipinski definition) is 2. The molecule has 0 saturated heterocycles. The maximum atomic E-state index is 11.5. The van der Waals surface area contributed by atoms with Crippen LogP contribution in [0.4, 0.5) is 0 Å². The molecule has 13 heavy (non-hydrogen) atoms. The van der Waals surface area contributed by atoms with Gasteiger partial charge in [-0.05, 0) is 13.3 Å². The summed E-state index contributed by atoms with van der Waals surface area (Å²) in [6.45, 7) is 4.81. The van der Waals surface area contributed by atoms with Crippen LogP contribution in [0.1, 0.15) is 20.3 Å². The molecular formula is C9H16N2O2. The van der Waals surface area contributed by atoms with Crippen LogP contribution in [0.3, 0.4) is 0 Å². The molecule has 1 aromatic rings. The third-order valence-electron chi connectivity index (χ3n) is 1.84. The van der Waals surface area contributed by atoms with Gasteiger partial charge in [-0.15, -0.1) is 0 Å². The van der Waals surface area contributed by atoms with Gasteiger partial charge in [0.1, 0.15) is 0 Å². The normalized spacial score (nSPS) is 13.2. The van der Waals surface area contributed by atoms with E-state index < -0.39 is 6.10 Å². The van der Waals surface area contributed by atoms with Gasteiger partial charge in [0.25, 0.3) is 0 Å². The number of nitrogens with zero attached hydrogens (tertiary/aromatic N) is 2. The Bertz CT molecular complexity index is 312. The van der Waals surface area contributed by atoms with E-state index in [0.717, 1.165) is 13.0 Å². The van der Waals surface area contributed by atoms with E-state index in [1.54, 1.807) is 23.9 Å². The Hall–Kier alpha value is -1.03. The topological polar surface area (TPSA) is 47.2 Å². The van der Waals surface area contributed by atoms with Crippen molar-refractivity contribution in [2.45, 2.75) is 39.5 Å². The molecule has 0 unspecified atom stereocenters. The van der Waals surface area contributed by atoms with Gasteiger partial charge in [0, 0.05) is 18.9 Å². The first-order valence-corrected chi connectivity index (χ1v) is 4.58. The van der Waals surface area contributed by atoms with Crippen molar-refractivity contribution in [3.8, 4) is 0 Å². The summed E-state index contributed by atoms with van der Waals surface area (Å²) < 4.78 is 3.18. The van der Waals surface area contributed by atoms with Crippen LogP contribution in [0.2, 0.25) is 0 Å². The molecule has 0 aliphatic heterocycles. The van der Waals surface area contributed by atoms with Crippen LogP contribution in [0.5, 0.6) is 0 Å². The molecular weight excluding hydrogens is 168 g/mol. The zero-order chi connectivity index (χ0) is 9.84. The second kappa shape index (κ2) is 4.28. The Labute approximate surface area is 77.4 Å². The van der Waals surface area contributed by atoms with Crippen LogP contribution < -0.4 is 5.69 Å². The van der Waals surface area contributed by atoms with Crippen molar-refractivity contribution in [2.75, 3.05) is 0 Å². The molecule has 0 aromatic carbocycles. The zero-order valence-corrected chi connectivity index (χ0v) is 8.10. The number of hydrogen-bond donors (Lipinski definition) is 1. The summed E-state index contributed by atoms with van der Waals surface area (Å²) in [6.07, 6.45) is 3.94. The fourth-order valence-corrected chi connectivity index (χ4v) is 1.29. The number of imidazole rings is 1. The van der Waals surface area contributed by atoms with E-state index in [4.69, 9.17) is 5.11 Å². The summed E-state index contributed by atoms with van der Waals surface area (Å²) >= 11 is 0. The second-order valence-corrected chi connectivity index (χ2v) is 3.28. The van der Waals surface area contributed by atoms with Crippen LogP contribution >= 0.6 is 0 Å². The monoisotopic (exact) mass is 184 g/mol. The minimum absolute atomic E-state index is 0.0391. The molecule has 4 heteroatoms. The molecule has 1 atom stereocenters. The van der Waals surface area contributed by atoms with Crippen LogP contribution in [0.25, 0.3) is 0 Å². The summed E-state index contributed by atoms with van der Waals surface area (Å²) in [5.41, 5.74) is -0.0391. The van der Waals surface area contributed by atoms with E-state index >= 15 is 0 Å². The summed E-state index contributed by atoms with van der Waals surface area (Å²) in [5, 5.41) is 9.10. The lowest BCUT2D eigenvalue weighted by atomic mass is 10.4. The molecule has 4 nitrogen and oxygen atoms in total. The number of aliphatic hydroxyl groups is 1. The van der Waals surface area contributed by atoms with Gasteiger partial charge >= 0.3 is 5.69 Å². The van der Waals surface area contributed by atoms with Gasteiger partial charge in [-0.1, -0.05) is 6.92 Å². The van der Waals surface area contributed by atoms with Gasteiger partial charge in [-0.2, -0.15) is 0 Å². The molecule has 1 heterocycles. The Morgan fingerprint density at radius 2 is 2.08 bits per heavy atom. The molecule has 0 bridgehead atoms. The third kappa shape index (κ3) is 2.45. The maximum absolute atomic E-state index is 11.5. The first-order chi connectivity index (χ1) is 6.15. The SMILES string of the molecule is CCCn1ccn(C[C@@H](C)O)c1=O. The smallest absolute Gasteiger partial charge is 0.328 e. The van der Waals surface area contributed by atoms with Gasteiger partial charge in [0.2, 0.25) is 0 Å². The molecule has 0 spiro atoms. The molecule has 0 amide bonds. The van der Waals surface area contributed by atoms with Gasteiger partial charge < -0.3 is 5.11 Å². The molecule has 1 aromatic heterocycles. The van der Waals surface area contributed by atoms with Crippen LogP contribution in [0, 0.1) is 0 Å². The maximum Gasteiger partial charge on any atom is 0.328 e. The summed E-state index contributed by atoms with van der Waals surface area (Å²) in [5.74, 6) is 0. The zero-order valence-electron chi connectivity index (χ0n) is 8.10. The van der Waals surface area contributed by atoms with Crippen molar-refractivity contribution in [2.24, 2.45) is 0 Å². The lowest BCUT2D eigenvalue weighted by Crippen LogP contribution is -2.27. The van der Waals surface area contributed by atoms with E-state index in [2.05, 4.69) is 0 Å². The second-order valence-electron chi connectivity index (χ2n) is 3.28.